The maximum atomic E-state index is 6.64. The Kier molecular flexibility index (Phi) is 5.78. The number of hydrogen-bond acceptors (Lipinski definition) is 4. The second-order valence-corrected chi connectivity index (χ2v) is 11.2. The standard InChI is InChI=1S/C41H25N3O/c1-3-13-27(14-4-1)39-42-40(28-15-5-2-6-16-28)44-41(43-39)34-25-35-37-31(30-23-22-26-12-7-8-17-29(26)24-30)20-11-21-36(37)45-38(35)33-19-10-9-18-32(33)34/h1-25H. The smallest absolute Gasteiger partial charge is 0.164 e. The highest BCUT2D eigenvalue weighted by molar-refractivity contribution is 6.22. The van der Waals surface area contributed by atoms with E-state index in [9.17, 15) is 0 Å². The lowest BCUT2D eigenvalue weighted by Gasteiger charge is -2.11. The Morgan fingerprint density at radius 2 is 1.00 bits per heavy atom. The summed E-state index contributed by atoms with van der Waals surface area (Å²) in [5.41, 5.74) is 6.80. The summed E-state index contributed by atoms with van der Waals surface area (Å²) in [7, 11) is 0. The Balaban J connectivity index is 1.35. The van der Waals surface area contributed by atoms with E-state index in [4.69, 9.17) is 19.4 Å². The molecule has 4 nitrogen and oxygen atoms in total. The van der Waals surface area contributed by atoms with E-state index in [-0.39, 0.29) is 0 Å². The average molecular weight is 576 g/mol. The second kappa shape index (κ2) is 10.2. The highest BCUT2D eigenvalue weighted by atomic mass is 16.3. The van der Waals surface area contributed by atoms with Crippen LogP contribution < -0.4 is 0 Å². The predicted molar refractivity (Wildman–Crippen MR) is 184 cm³/mol. The number of benzene rings is 7. The molecule has 2 heterocycles. The van der Waals surface area contributed by atoms with Gasteiger partial charge in [-0.15, -0.1) is 0 Å². The van der Waals surface area contributed by atoms with Crippen molar-refractivity contribution in [3.8, 4) is 45.3 Å². The van der Waals surface area contributed by atoms with Gasteiger partial charge in [-0.3, -0.25) is 0 Å². The summed E-state index contributed by atoms with van der Waals surface area (Å²) < 4.78 is 6.64. The molecule has 7 aromatic carbocycles. The first-order valence-electron chi connectivity index (χ1n) is 15.0. The van der Waals surface area contributed by atoms with E-state index in [0.29, 0.717) is 17.5 Å². The van der Waals surface area contributed by atoms with E-state index in [1.807, 2.05) is 60.7 Å². The van der Waals surface area contributed by atoms with Crippen molar-refractivity contribution in [1.82, 2.24) is 15.0 Å². The molecule has 0 radical (unpaired) electrons. The van der Waals surface area contributed by atoms with Crippen molar-refractivity contribution in [1.29, 1.82) is 0 Å². The van der Waals surface area contributed by atoms with Crippen molar-refractivity contribution < 1.29 is 4.42 Å². The van der Waals surface area contributed by atoms with Gasteiger partial charge in [0.15, 0.2) is 17.5 Å². The monoisotopic (exact) mass is 575 g/mol. The molecule has 0 spiro atoms. The quantitative estimate of drug-likeness (QED) is 0.209. The fourth-order valence-electron chi connectivity index (χ4n) is 6.36. The van der Waals surface area contributed by atoms with Gasteiger partial charge in [0.25, 0.3) is 0 Å². The van der Waals surface area contributed by atoms with Crippen LogP contribution in [0.25, 0.3) is 88.8 Å². The number of nitrogens with zero attached hydrogens (tertiary/aromatic N) is 3. The normalized spacial score (nSPS) is 11.6. The van der Waals surface area contributed by atoms with Gasteiger partial charge in [0.1, 0.15) is 11.2 Å². The van der Waals surface area contributed by atoms with Crippen LogP contribution >= 0.6 is 0 Å². The molecule has 0 N–H and O–H groups in total. The highest BCUT2D eigenvalue weighted by Crippen LogP contribution is 2.43. The van der Waals surface area contributed by atoms with Crippen LogP contribution in [0.3, 0.4) is 0 Å². The number of furan rings is 1. The zero-order valence-electron chi connectivity index (χ0n) is 24.2. The third-order valence-electron chi connectivity index (χ3n) is 8.50. The minimum Gasteiger partial charge on any atom is -0.455 e. The van der Waals surface area contributed by atoms with Gasteiger partial charge in [-0.2, -0.15) is 0 Å². The van der Waals surface area contributed by atoms with Gasteiger partial charge in [0.2, 0.25) is 0 Å². The van der Waals surface area contributed by atoms with Gasteiger partial charge >= 0.3 is 0 Å². The molecule has 9 aromatic rings. The Labute approximate surface area is 259 Å². The van der Waals surface area contributed by atoms with Gasteiger partial charge in [0.05, 0.1) is 0 Å². The van der Waals surface area contributed by atoms with Crippen molar-refractivity contribution in [2.75, 3.05) is 0 Å². The summed E-state index contributed by atoms with van der Waals surface area (Å²) in [5.74, 6) is 1.90. The van der Waals surface area contributed by atoms with E-state index in [1.165, 1.54) is 10.8 Å². The molecule has 0 saturated carbocycles. The van der Waals surface area contributed by atoms with E-state index in [1.54, 1.807) is 0 Å². The molecule has 9 rings (SSSR count). The fourth-order valence-corrected chi connectivity index (χ4v) is 6.36. The molecule has 0 aliphatic rings. The fraction of sp³-hybridized carbons (Fsp3) is 0. The molecule has 0 saturated heterocycles. The van der Waals surface area contributed by atoms with Crippen LogP contribution in [0.15, 0.2) is 156 Å². The van der Waals surface area contributed by atoms with Crippen LogP contribution in [0.5, 0.6) is 0 Å². The Morgan fingerprint density at radius 1 is 0.378 bits per heavy atom. The lowest BCUT2D eigenvalue weighted by molar-refractivity contribution is 0.673. The summed E-state index contributed by atoms with van der Waals surface area (Å²) in [6, 6.07) is 52.2. The number of aromatic nitrogens is 3. The molecule has 210 valence electrons. The molecule has 0 aliphatic heterocycles. The SMILES string of the molecule is c1ccc(-c2nc(-c3ccccc3)nc(-c3cc4c(oc5cccc(-c6ccc7ccccc7c6)c54)c4ccccc34)n2)cc1. The summed E-state index contributed by atoms with van der Waals surface area (Å²) >= 11 is 0. The summed E-state index contributed by atoms with van der Waals surface area (Å²) in [6.07, 6.45) is 0. The van der Waals surface area contributed by atoms with Crippen molar-refractivity contribution in [3.63, 3.8) is 0 Å². The van der Waals surface area contributed by atoms with Crippen molar-refractivity contribution >= 4 is 43.5 Å². The number of fused-ring (bicyclic) bond motifs is 6. The van der Waals surface area contributed by atoms with Crippen LogP contribution in [-0.2, 0) is 0 Å². The lowest BCUT2D eigenvalue weighted by Crippen LogP contribution is -2.00. The van der Waals surface area contributed by atoms with Crippen LogP contribution in [-0.4, -0.2) is 15.0 Å². The van der Waals surface area contributed by atoms with Gasteiger partial charge in [-0.1, -0.05) is 133 Å². The number of hydrogen-bond donors (Lipinski definition) is 0. The molecule has 2 aromatic heterocycles. The Bertz CT molecular complexity index is 2480. The molecule has 0 fully saturated rings. The zero-order chi connectivity index (χ0) is 29.7. The average Bonchev–Trinajstić information content (AvgIpc) is 3.51. The van der Waals surface area contributed by atoms with Gasteiger partial charge in [0, 0.05) is 32.8 Å². The Morgan fingerprint density at radius 3 is 1.73 bits per heavy atom. The molecule has 0 atom stereocenters. The van der Waals surface area contributed by atoms with Crippen molar-refractivity contribution in [3.05, 3.63) is 152 Å². The van der Waals surface area contributed by atoms with Gasteiger partial charge in [-0.25, -0.2) is 15.0 Å². The van der Waals surface area contributed by atoms with Crippen LogP contribution in [0.4, 0.5) is 0 Å². The first kappa shape index (κ1) is 25.4. The molecular formula is C41H25N3O. The largest absolute Gasteiger partial charge is 0.455 e. The Hall–Kier alpha value is -6.13. The molecule has 0 aliphatic carbocycles. The molecular weight excluding hydrogens is 550 g/mol. The van der Waals surface area contributed by atoms with Crippen LogP contribution in [0.2, 0.25) is 0 Å². The van der Waals surface area contributed by atoms with Crippen molar-refractivity contribution in [2.45, 2.75) is 0 Å². The summed E-state index contributed by atoms with van der Waals surface area (Å²) in [4.78, 5) is 15.1. The third-order valence-corrected chi connectivity index (χ3v) is 8.50. The second-order valence-electron chi connectivity index (χ2n) is 11.2. The number of rotatable bonds is 4. The van der Waals surface area contributed by atoms with E-state index in [0.717, 1.165) is 60.5 Å². The minimum absolute atomic E-state index is 0.623. The van der Waals surface area contributed by atoms with Crippen LogP contribution in [0.1, 0.15) is 0 Å². The first-order chi connectivity index (χ1) is 22.3. The summed E-state index contributed by atoms with van der Waals surface area (Å²) in [6.45, 7) is 0. The van der Waals surface area contributed by atoms with Gasteiger partial charge in [-0.05, 0) is 45.5 Å². The molecule has 4 heteroatoms. The van der Waals surface area contributed by atoms with E-state index < -0.39 is 0 Å². The maximum Gasteiger partial charge on any atom is 0.164 e. The zero-order valence-corrected chi connectivity index (χ0v) is 24.2. The maximum absolute atomic E-state index is 6.64. The molecule has 0 unspecified atom stereocenters. The van der Waals surface area contributed by atoms with E-state index >= 15 is 0 Å². The minimum atomic E-state index is 0.623. The predicted octanol–water partition coefficient (Wildman–Crippen LogP) is 10.7. The van der Waals surface area contributed by atoms with E-state index in [2.05, 4.69) is 91.0 Å². The molecule has 0 amide bonds. The highest BCUT2D eigenvalue weighted by Gasteiger charge is 2.20. The van der Waals surface area contributed by atoms with Crippen LogP contribution in [0, 0.1) is 0 Å². The molecule has 45 heavy (non-hydrogen) atoms. The third kappa shape index (κ3) is 4.27. The molecule has 0 bridgehead atoms. The lowest BCUT2D eigenvalue weighted by atomic mass is 9.94. The van der Waals surface area contributed by atoms with Gasteiger partial charge < -0.3 is 4.42 Å². The topological polar surface area (TPSA) is 51.8 Å². The summed E-state index contributed by atoms with van der Waals surface area (Å²) in [5, 5.41) is 6.59. The van der Waals surface area contributed by atoms with Crippen molar-refractivity contribution in [2.24, 2.45) is 0 Å². The first-order valence-corrected chi connectivity index (χ1v) is 15.0.